The van der Waals surface area contributed by atoms with Crippen LogP contribution in [0.15, 0.2) is 17.3 Å². The molecule has 1 saturated heterocycles. The molecule has 1 amide bonds. The topological polar surface area (TPSA) is 101 Å². The minimum atomic E-state index is -3.34. The van der Waals surface area contributed by atoms with Gasteiger partial charge in [0.15, 0.2) is 9.84 Å². The lowest BCUT2D eigenvalue weighted by Gasteiger charge is -2.32. The van der Waals surface area contributed by atoms with Gasteiger partial charge in [0.2, 0.25) is 0 Å². The molecule has 1 unspecified atom stereocenters. The molecule has 0 aliphatic carbocycles. The molecule has 0 radical (unpaired) electrons. The monoisotopic (exact) mass is 351 g/mol. The molecule has 0 spiro atoms. The van der Waals surface area contributed by atoms with Crippen molar-refractivity contribution in [2.24, 2.45) is 7.05 Å². The van der Waals surface area contributed by atoms with E-state index in [2.05, 4.69) is 15.3 Å². The van der Waals surface area contributed by atoms with Crippen LogP contribution in [0.5, 0.6) is 0 Å². The lowest BCUT2D eigenvalue weighted by atomic mass is 9.94. The number of carbonyl (C=O) groups is 1. The van der Waals surface area contributed by atoms with Crippen LogP contribution in [0.1, 0.15) is 40.5 Å². The zero-order chi connectivity index (χ0) is 17.5. The number of aryl methyl sites for hydroxylation is 2. The van der Waals surface area contributed by atoms with Gasteiger partial charge in [-0.3, -0.25) is 14.6 Å². The van der Waals surface area contributed by atoms with Gasteiger partial charge in [-0.05, 0) is 19.8 Å². The summed E-state index contributed by atoms with van der Waals surface area (Å²) in [6.45, 7) is 2.94. The molecule has 2 aromatic heterocycles. The number of rotatable bonds is 3. The molecule has 1 aliphatic heterocycles. The van der Waals surface area contributed by atoms with E-state index < -0.39 is 9.84 Å². The Bertz CT molecular complexity index is 868. The first-order chi connectivity index (χ1) is 11.3. The Balaban J connectivity index is 1.84. The standard InChI is InChI=1S/C15H21N5O3S/c1-10-12(9-19(2)18-10)15(21)20-6-4-5-11(8-20)14-13(7-16-17-14)24(3,22)23/h7,9,11H,4-6,8H2,1-3H3,(H,16,17). The van der Waals surface area contributed by atoms with Crippen molar-refractivity contribution in [2.75, 3.05) is 19.3 Å². The Kier molecular flexibility index (Phi) is 4.20. The third kappa shape index (κ3) is 3.08. The highest BCUT2D eigenvalue weighted by Crippen LogP contribution is 2.30. The van der Waals surface area contributed by atoms with Gasteiger partial charge in [0.25, 0.3) is 5.91 Å². The molecule has 3 heterocycles. The van der Waals surface area contributed by atoms with Crippen molar-refractivity contribution < 1.29 is 13.2 Å². The fourth-order valence-electron chi connectivity index (χ4n) is 3.25. The third-order valence-electron chi connectivity index (χ3n) is 4.39. The number of hydrogen-bond acceptors (Lipinski definition) is 5. The summed E-state index contributed by atoms with van der Waals surface area (Å²) in [4.78, 5) is 14.7. The molecule has 1 aliphatic rings. The van der Waals surface area contributed by atoms with Crippen LogP contribution in [0, 0.1) is 6.92 Å². The second-order valence-corrected chi connectivity index (χ2v) is 8.30. The first-order valence-corrected chi connectivity index (χ1v) is 9.69. The number of amides is 1. The van der Waals surface area contributed by atoms with Gasteiger partial charge in [-0.25, -0.2) is 8.42 Å². The number of piperidine rings is 1. The molecule has 2 aromatic rings. The van der Waals surface area contributed by atoms with Crippen LogP contribution in [-0.2, 0) is 16.9 Å². The summed E-state index contributed by atoms with van der Waals surface area (Å²) in [5.41, 5.74) is 1.88. The highest BCUT2D eigenvalue weighted by atomic mass is 32.2. The minimum Gasteiger partial charge on any atom is -0.338 e. The molecule has 0 saturated carbocycles. The molecule has 24 heavy (non-hydrogen) atoms. The average Bonchev–Trinajstić information content (AvgIpc) is 3.13. The molecule has 1 fully saturated rings. The summed E-state index contributed by atoms with van der Waals surface area (Å²) in [7, 11) is -1.56. The van der Waals surface area contributed by atoms with Gasteiger partial charge in [-0.1, -0.05) is 0 Å². The maximum atomic E-state index is 12.8. The molecule has 0 aromatic carbocycles. The largest absolute Gasteiger partial charge is 0.338 e. The van der Waals surface area contributed by atoms with Crippen molar-refractivity contribution >= 4 is 15.7 Å². The van der Waals surface area contributed by atoms with Gasteiger partial charge in [0, 0.05) is 38.5 Å². The van der Waals surface area contributed by atoms with E-state index in [-0.39, 0.29) is 16.7 Å². The summed E-state index contributed by atoms with van der Waals surface area (Å²) >= 11 is 0. The highest BCUT2D eigenvalue weighted by Gasteiger charge is 2.31. The molecule has 3 rings (SSSR count). The molecule has 0 bridgehead atoms. The van der Waals surface area contributed by atoms with Gasteiger partial charge >= 0.3 is 0 Å². The first kappa shape index (κ1) is 16.7. The van der Waals surface area contributed by atoms with Crippen molar-refractivity contribution in [3.63, 3.8) is 0 Å². The van der Waals surface area contributed by atoms with Crippen LogP contribution in [-0.4, -0.2) is 58.5 Å². The number of nitrogens with zero attached hydrogens (tertiary/aromatic N) is 4. The van der Waals surface area contributed by atoms with Crippen LogP contribution in [0.3, 0.4) is 0 Å². The molecule has 9 heteroatoms. The number of aromatic nitrogens is 4. The molecule has 1 atom stereocenters. The van der Waals surface area contributed by atoms with Crippen molar-refractivity contribution in [3.05, 3.63) is 29.3 Å². The van der Waals surface area contributed by atoms with E-state index in [0.717, 1.165) is 12.8 Å². The number of nitrogens with one attached hydrogen (secondary N) is 1. The van der Waals surface area contributed by atoms with Crippen molar-refractivity contribution in [3.8, 4) is 0 Å². The second-order valence-electron chi connectivity index (χ2n) is 6.31. The van der Waals surface area contributed by atoms with E-state index in [9.17, 15) is 13.2 Å². The normalized spacial score (nSPS) is 18.8. The second kappa shape index (κ2) is 6.04. The van der Waals surface area contributed by atoms with E-state index >= 15 is 0 Å². The smallest absolute Gasteiger partial charge is 0.257 e. The first-order valence-electron chi connectivity index (χ1n) is 7.80. The van der Waals surface area contributed by atoms with Crippen LogP contribution < -0.4 is 0 Å². The number of hydrogen-bond donors (Lipinski definition) is 1. The predicted molar refractivity (Wildman–Crippen MR) is 87.5 cm³/mol. The van der Waals surface area contributed by atoms with Gasteiger partial charge in [0.1, 0.15) is 4.90 Å². The Morgan fingerprint density at radius 2 is 2.17 bits per heavy atom. The highest BCUT2D eigenvalue weighted by molar-refractivity contribution is 7.90. The van der Waals surface area contributed by atoms with Crippen LogP contribution in [0.25, 0.3) is 0 Å². The molecular formula is C15H21N5O3S. The molecule has 8 nitrogen and oxygen atoms in total. The Hall–Kier alpha value is -2.16. The quantitative estimate of drug-likeness (QED) is 0.884. The van der Waals surface area contributed by atoms with Gasteiger partial charge in [0.05, 0.1) is 23.1 Å². The maximum absolute atomic E-state index is 12.8. The van der Waals surface area contributed by atoms with Crippen molar-refractivity contribution in [1.29, 1.82) is 0 Å². The zero-order valence-electron chi connectivity index (χ0n) is 14.0. The fraction of sp³-hybridized carbons (Fsp3) is 0.533. The van der Waals surface area contributed by atoms with Crippen LogP contribution >= 0.6 is 0 Å². The van der Waals surface area contributed by atoms with E-state index in [0.29, 0.717) is 30.0 Å². The van der Waals surface area contributed by atoms with E-state index in [1.807, 2.05) is 6.92 Å². The maximum Gasteiger partial charge on any atom is 0.257 e. The minimum absolute atomic E-state index is 0.0631. The SMILES string of the molecule is Cc1nn(C)cc1C(=O)N1CCCC(c2[nH]ncc2S(C)(=O)=O)C1. The molecule has 130 valence electrons. The zero-order valence-corrected chi connectivity index (χ0v) is 14.8. The van der Waals surface area contributed by atoms with Crippen molar-refractivity contribution in [2.45, 2.75) is 30.6 Å². The van der Waals surface area contributed by atoms with E-state index in [1.165, 1.54) is 12.5 Å². The predicted octanol–water partition coefficient (Wildman–Crippen LogP) is 0.875. The number of carbonyl (C=O) groups excluding carboxylic acids is 1. The Labute approximate surface area is 140 Å². The lowest BCUT2D eigenvalue weighted by Crippen LogP contribution is -2.39. The number of likely N-dealkylation sites (tertiary alicyclic amines) is 1. The van der Waals surface area contributed by atoms with Gasteiger partial charge in [-0.2, -0.15) is 10.2 Å². The van der Waals surface area contributed by atoms with Crippen LogP contribution in [0.4, 0.5) is 0 Å². The van der Waals surface area contributed by atoms with Gasteiger partial charge in [-0.15, -0.1) is 0 Å². The van der Waals surface area contributed by atoms with E-state index in [1.54, 1.807) is 22.8 Å². The fourth-order valence-corrected chi connectivity index (χ4v) is 4.11. The average molecular weight is 351 g/mol. The summed E-state index contributed by atoms with van der Waals surface area (Å²) in [5.74, 6) is -0.127. The molecular weight excluding hydrogens is 330 g/mol. The molecule has 1 N–H and O–H groups in total. The Morgan fingerprint density at radius 1 is 1.42 bits per heavy atom. The summed E-state index contributed by atoms with van der Waals surface area (Å²) in [6.07, 6.45) is 5.88. The number of H-pyrrole nitrogens is 1. The number of sulfone groups is 1. The third-order valence-corrected chi connectivity index (χ3v) is 5.52. The summed E-state index contributed by atoms with van der Waals surface area (Å²) < 4.78 is 25.4. The van der Waals surface area contributed by atoms with E-state index in [4.69, 9.17) is 0 Å². The van der Waals surface area contributed by atoms with Crippen molar-refractivity contribution in [1.82, 2.24) is 24.9 Å². The van der Waals surface area contributed by atoms with Gasteiger partial charge < -0.3 is 4.90 Å². The summed E-state index contributed by atoms with van der Waals surface area (Å²) in [6, 6.07) is 0. The summed E-state index contributed by atoms with van der Waals surface area (Å²) in [5, 5.41) is 10.9. The van der Waals surface area contributed by atoms with Crippen LogP contribution in [0.2, 0.25) is 0 Å². The number of aromatic amines is 1. The lowest BCUT2D eigenvalue weighted by molar-refractivity contribution is 0.0704. The Morgan fingerprint density at radius 3 is 2.79 bits per heavy atom.